The van der Waals surface area contributed by atoms with Crippen LogP contribution in [0.3, 0.4) is 0 Å². The average molecular weight is 316 g/mol. The second kappa shape index (κ2) is 7.35. The predicted octanol–water partition coefficient (Wildman–Crippen LogP) is 2.79. The summed E-state index contributed by atoms with van der Waals surface area (Å²) in [4.78, 5) is 16.5. The van der Waals surface area contributed by atoms with Crippen LogP contribution in [0.4, 0.5) is 0 Å². The minimum Gasteiger partial charge on any atom is -0.492 e. The minimum absolute atomic E-state index is 0.314. The van der Waals surface area contributed by atoms with Crippen LogP contribution >= 0.6 is 0 Å². The molecule has 4 heteroatoms. The molecule has 23 heavy (non-hydrogen) atoms. The van der Waals surface area contributed by atoms with Crippen LogP contribution in [0.25, 0.3) is 0 Å². The summed E-state index contributed by atoms with van der Waals surface area (Å²) in [5.41, 5.74) is 0.314. The van der Waals surface area contributed by atoms with E-state index in [-0.39, 0.29) is 0 Å². The molecule has 4 nitrogen and oxygen atoms in total. The van der Waals surface area contributed by atoms with Crippen molar-refractivity contribution in [1.29, 1.82) is 0 Å². The van der Waals surface area contributed by atoms with Crippen molar-refractivity contribution >= 4 is 5.91 Å². The van der Waals surface area contributed by atoms with Crippen molar-refractivity contribution in [3.8, 4) is 5.75 Å². The van der Waals surface area contributed by atoms with Crippen LogP contribution in [-0.2, 0) is 4.79 Å². The molecule has 0 aromatic heterocycles. The zero-order valence-corrected chi connectivity index (χ0v) is 14.2. The van der Waals surface area contributed by atoms with Gasteiger partial charge in [0.15, 0.2) is 0 Å². The van der Waals surface area contributed by atoms with Crippen molar-refractivity contribution in [1.82, 2.24) is 9.80 Å². The Hall–Kier alpha value is -1.55. The minimum atomic E-state index is 0.314. The molecule has 1 aromatic rings. The van der Waals surface area contributed by atoms with Gasteiger partial charge in [-0.25, -0.2) is 0 Å². The smallest absolute Gasteiger partial charge is 0.222 e. The molecule has 2 aliphatic rings. The first-order chi connectivity index (χ1) is 11.2. The largest absolute Gasteiger partial charge is 0.492 e. The number of benzene rings is 1. The number of rotatable bonds is 5. The van der Waals surface area contributed by atoms with Crippen molar-refractivity contribution in [2.24, 2.45) is 5.41 Å². The standard InChI is InChI=1S/C19H28N2O2/c1-2-21-16-19(11-9-18(21)22)10-6-12-20(15-19)13-14-23-17-7-4-3-5-8-17/h3-5,7-8H,2,6,9-16H2,1H3. The molecular formula is C19H28N2O2. The third-order valence-electron chi connectivity index (χ3n) is 5.29. The maximum absolute atomic E-state index is 12.0. The summed E-state index contributed by atoms with van der Waals surface area (Å²) >= 11 is 0. The van der Waals surface area contributed by atoms with Crippen molar-refractivity contribution in [2.45, 2.75) is 32.6 Å². The van der Waals surface area contributed by atoms with Crippen LogP contribution in [-0.4, -0.2) is 55.0 Å². The van der Waals surface area contributed by atoms with E-state index in [9.17, 15) is 4.79 Å². The number of hydrogen-bond acceptors (Lipinski definition) is 3. The Morgan fingerprint density at radius 2 is 2.00 bits per heavy atom. The summed E-state index contributed by atoms with van der Waals surface area (Å²) in [7, 11) is 0. The Labute approximate surface area is 139 Å². The Kier molecular flexibility index (Phi) is 5.21. The lowest BCUT2D eigenvalue weighted by Crippen LogP contribution is -2.54. The van der Waals surface area contributed by atoms with Gasteiger partial charge < -0.3 is 9.64 Å². The van der Waals surface area contributed by atoms with Crippen LogP contribution in [0.2, 0.25) is 0 Å². The van der Waals surface area contributed by atoms with E-state index in [4.69, 9.17) is 4.74 Å². The lowest BCUT2D eigenvalue weighted by atomic mass is 9.73. The summed E-state index contributed by atoms with van der Waals surface area (Å²) in [5.74, 6) is 1.28. The number of para-hydroxylation sites is 1. The number of nitrogens with zero attached hydrogens (tertiary/aromatic N) is 2. The van der Waals surface area contributed by atoms with Crippen molar-refractivity contribution in [3.05, 3.63) is 30.3 Å². The van der Waals surface area contributed by atoms with E-state index in [0.717, 1.165) is 57.9 Å². The van der Waals surface area contributed by atoms with E-state index >= 15 is 0 Å². The molecule has 2 aliphatic heterocycles. The molecule has 1 atom stereocenters. The van der Waals surface area contributed by atoms with Crippen molar-refractivity contribution in [2.75, 3.05) is 39.3 Å². The zero-order chi connectivity index (χ0) is 16.1. The van der Waals surface area contributed by atoms with E-state index in [2.05, 4.69) is 11.8 Å². The summed E-state index contributed by atoms with van der Waals surface area (Å²) in [6, 6.07) is 10.0. The molecule has 2 heterocycles. The van der Waals surface area contributed by atoms with Gasteiger partial charge in [0.1, 0.15) is 12.4 Å². The average Bonchev–Trinajstić information content (AvgIpc) is 2.59. The molecule has 1 aromatic carbocycles. The Morgan fingerprint density at radius 3 is 2.78 bits per heavy atom. The number of ether oxygens (including phenoxy) is 1. The molecule has 0 N–H and O–H groups in total. The Balaban J connectivity index is 1.51. The molecule has 0 bridgehead atoms. The first-order valence-electron chi connectivity index (χ1n) is 8.89. The van der Waals surface area contributed by atoms with E-state index in [0.29, 0.717) is 11.3 Å². The normalized spacial score (nSPS) is 25.8. The van der Waals surface area contributed by atoms with Crippen LogP contribution < -0.4 is 4.74 Å². The third-order valence-corrected chi connectivity index (χ3v) is 5.29. The van der Waals surface area contributed by atoms with Gasteiger partial charge in [-0.2, -0.15) is 0 Å². The summed E-state index contributed by atoms with van der Waals surface area (Å²) < 4.78 is 5.84. The summed E-state index contributed by atoms with van der Waals surface area (Å²) in [6.45, 7) is 7.84. The van der Waals surface area contributed by atoms with E-state index < -0.39 is 0 Å². The molecule has 2 saturated heterocycles. The fourth-order valence-corrected chi connectivity index (χ4v) is 4.03. The SMILES string of the molecule is CCN1CC2(CCCN(CCOc3ccccc3)C2)CCC1=O. The monoisotopic (exact) mass is 316 g/mol. The van der Waals surface area contributed by atoms with Gasteiger partial charge in [-0.05, 0) is 44.9 Å². The molecule has 1 spiro atoms. The van der Waals surface area contributed by atoms with Gasteiger partial charge in [0.25, 0.3) is 0 Å². The molecule has 1 amide bonds. The topological polar surface area (TPSA) is 32.8 Å². The van der Waals surface area contributed by atoms with Gasteiger partial charge in [-0.15, -0.1) is 0 Å². The Bertz CT molecular complexity index is 519. The van der Waals surface area contributed by atoms with Crippen LogP contribution in [0.15, 0.2) is 30.3 Å². The van der Waals surface area contributed by atoms with Crippen LogP contribution in [0, 0.1) is 5.41 Å². The molecule has 0 aliphatic carbocycles. The third kappa shape index (κ3) is 4.05. The molecule has 126 valence electrons. The number of amides is 1. The highest BCUT2D eigenvalue weighted by Crippen LogP contribution is 2.38. The van der Waals surface area contributed by atoms with Gasteiger partial charge in [0.05, 0.1) is 0 Å². The van der Waals surface area contributed by atoms with Gasteiger partial charge >= 0.3 is 0 Å². The van der Waals surface area contributed by atoms with E-state index in [1.807, 2.05) is 35.2 Å². The van der Waals surface area contributed by atoms with Gasteiger partial charge in [-0.1, -0.05) is 18.2 Å². The lowest BCUT2D eigenvalue weighted by Gasteiger charge is -2.48. The van der Waals surface area contributed by atoms with Gasteiger partial charge in [-0.3, -0.25) is 9.69 Å². The maximum atomic E-state index is 12.0. The maximum Gasteiger partial charge on any atom is 0.222 e. The highest BCUT2D eigenvalue weighted by molar-refractivity contribution is 5.77. The highest BCUT2D eigenvalue weighted by Gasteiger charge is 2.41. The summed E-state index contributed by atoms with van der Waals surface area (Å²) in [5, 5.41) is 0. The fraction of sp³-hybridized carbons (Fsp3) is 0.632. The number of carbonyl (C=O) groups excluding carboxylic acids is 1. The summed E-state index contributed by atoms with van der Waals surface area (Å²) in [6.07, 6.45) is 4.27. The number of hydrogen-bond donors (Lipinski definition) is 0. The molecule has 1 unspecified atom stereocenters. The van der Waals surface area contributed by atoms with Crippen LogP contribution in [0.1, 0.15) is 32.6 Å². The van der Waals surface area contributed by atoms with Crippen molar-refractivity contribution < 1.29 is 9.53 Å². The molecule has 2 fully saturated rings. The number of likely N-dealkylation sites (tertiary alicyclic amines) is 2. The first kappa shape index (κ1) is 16.3. The van der Waals surface area contributed by atoms with Crippen LogP contribution in [0.5, 0.6) is 5.75 Å². The number of piperidine rings is 2. The molecule has 0 saturated carbocycles. The highest BCUT2D eigenvalue weighted by atomic mass is 16.5. The zero-order valence-electron chi connectivity index (χ0n) is 14.2. The quantitative estimate of drug-likeness (QED) is 0.837. The van der Waals surface area contributed by atoms with E-state index in [1.54, 1.807) is 0 Å². The fourth-order valence-electron chi connectivity index (χ4n) is 4.03. The Morgan fingerprint density at radius 1 is 1.17 bits per heavy atom. The second-order valence-electron chi connectivity index (χ2n) is 6.95. The molecular weight excluding hydrogens is 288 g/mol. The predicted molar refractivity (Wildman–Crippen MR) is 91.5 cm³/mol. The second-order valence-corrected chi connectivity index (χ2v) is 6.95. The van der Waals surface area contributed by atoms with Gasteiger partial charge in [0, 0.05) is 38.0 Å². The van der Waals surface area contributed by atoms with Gasteiger partial charge in [0.2, 0.25) is 5.91 Å². The first-order valence-corrected chi connectivity index (χ1v) is 8.89. The van der Waals surface area contributed by atoms with Crippen molar-refractivity contribution in [3.63, 3.8) is 0 Å². The lowest BCUT2D eigenvalue weighted by molar-refractivity contribution is -0.139. The molecule has 3 rings (SSSR count). The molecule has 0 radical (unpaired) electrons. The van der Waals surface area contributed by atoms with E-state index in [1.165, 1.54) is 12.8 Å². The number of carbonyl (C=O) groups is 1.